The van der Waals surface area contributed by atoms with E-state index >= 15 is 0 Å². The van der Waals surface area contributed by atoms with Gasteiger partial charge in [0.2, 0.25) is 0 Å². The highest BCUT2D eigenvalue weighted by atomic mass is 16.4. The first-order chi connectivity index (χ1) is 7.72. The molecular weight excluding hydrogens is 204 g/mol. The van der Waals surface area contributed by atoms with Gasteiger partial charge in [-0.25, -0.2) is 4.79 Å². The second kappa shape index (κ2) is 4.68. The molecule has 0 saturated heterocycles. The quantitative estimate of drug-likeness (QED) is 0.855. The average molecular weight is 222 g/mol. The summed E-state index contributed by atoms with van der Waals surface area (Å²) in [7, 11) is 0. The van der Waals surface area contributed by atoms with E-state index in [-0.39, 0.29) is 0 Å². The summed E-state index contributed by atoms with van der Waals surface area (Å²) in [6.45, 7) is 2.54. The Morgan fingerprint density at radius 3 is 2.69 bits per heavy atom. The number of hydrogen-bond donors (Lipinski definition) is 1. The van der Waals surface area contributed by atoms with E-state index in [0.29, 0.717) is 18.2 Å². The molecule has 4 heteroatoms. The van der Waals surface area contributed by atoms with E-state index in [2.05, 4.69) is 5.10 Å². The van der Waals surface area contributed by atoms with Crippen molar-refractivity contribution in [2.24, 2.45) is 0 Å². The molecule has 0 unspecified atom stereocenters. The zero-order valence-electron chi connectivity index (χ0n) is 9.65. The van der Waals surface area contributed by atoms with Crippen LogP contribution in [0.4, 0.5) is 0 Å². The van der Waals surface area contributed by atoms with Gasteiger partial charge in [0, 0.05) is 12.5 Å². The molecule has 2 rings (SSSR count). The Morgan fingerprint density at radius 2 is 2.19 bits per heavy atom. The van der Waals surface area contributed by atoms with Crippen LogP contribution in [0, 0.1) is 0 Å². The normalized spacial score (nSPS) is 17.6. The van der Waals surface area contributed by atoms with Crippen molar-refractivity contribution >= 4 is 5.97 Å². The lowest BCUT2D eigenvalue weighted by molar-refractivity contribution is 0.0683. The molecule has 4 nitrogen and oxygen atoms in total. The first-order valence-electron chi connectivity index (χ1n) is 6.03. The van der Waals surface area contributed by atoms with E-state index in [1.165, 1.54) is 19.3 Å². The molecule has 0 aliphatic heterocycles. The Labute approximate surface area is 95.3 Å². The summed E-state index contributed by atoms with van der Waals surface area (Å²) in [6, 6.07) is 1.75. The zero-order valence-corrected chi connectivity index (χ0v) is 9.65. The first-order valence-corrected chi connectivity index (χ1v) is 6.03. The minimum Gasteiger partial charge on any atom is -0.477 e. The summed E-state index contributed by atoms with van der Waals surface area (Å²) >= 11 is 0. The van der Waals surface area contributed by atoms with E-state index < -0.39 is 5.97 Å². The summed E-state index contributed by atoms with van der Waals surface area (Å²) in [5.74, 6) is -0.406. The second-order valence-electron chi connectivity index (χ2n) is 4.41. The van der Waals surface area contributed by atoms with Crippen molar-refractivity contribution in [3.8, 4) is 0 Å². The van der Waals surface area contributed by atoms with Crippen LogP contribution in [0.3, 0.4) is 0 Å². The molecule has 0 atom stereocenters. The number of aromatic nitrogens is 2. The van der Waals surface area contributed by atoms with Gasteiger partial charge in [-0.2, -0.15) is 5.10 Å². The molecule has 1 saturated carbocycles. The van der Waals surface area contributed by atoms with Crippen molar-refractivity contribution < 1.29 is 9.90 Å². The Balaban J connectivity index is 2.24. The first kappa shape index (κ1) is 11.2. The number of nitrogens with zero attached hydrogens (tertiary/aromatic N) is 2. The van der Waals surface area contributed by atoms with Crippen molar-refractivity contribution in [3.63, 3.8) is 0 Å². The van der Waals surface area contributed by atoms with Crippen molar-refractivity contribution in [2.45, 2.75) is 51.5 Å². The largest absolute Gasteiger partial charge is 0.477 e. The van der Waals surface area contributed by atoms with Gasteiger partial charge in [0.05, 0.1) is 5.69 Å². The predicted molar refractivity (Wildman–Crippen MR) is 60.7 cm³/mol. The molecule has 0 bridgehead atoms. The van der Waals surface area contributed by atoms with E-state index in [0.717, 1.165) is 18.5 Å². The van der Waals surface area contributed by atoms with E-state index in [1.807, 2.05) is 6.92 Å². The van der Waals surface area contributed by atoms with Crippen LogP contribution in [0.15, 0.2) is 6.07 Å². The predicted octanol–water partition coefficient (Wildman–Crippen LogP) is 2.65. The lowest BCUT2D eigenvalue weighted by Gasteiger charge is -2.19. The van der Waals surface area contributed by atoms with E-state index in [1.54, 1.807) is 10.7 Å². The number of carboxylic acids is 1. The molecule has 88 valence electrons. The third-order valence-corrected chi connectivity index (χ3v) is 3.34. The minimum absolute atomic E-state index is 0.322. The molecule has 1 aliphatic carbocycles. The fourth-order valence-electron chi connectivity index (χ4n) is 2.45. The van der Waals surface area contributed by atoms with Crippen LogP contribution in [0.25, 0.3) is 0 Å². The van der Waals surface area contributed by atoms with Gasteiger partial charge in [-0.1, -0.05) is 19.3 Å². The maximum atomic E-state index is 11.0. The molecule has 0 radical (unpaired) electrons. The standard InChI is InChI=1S/C12H18N2O2/c1-2-14-11(12(15)16)8-10(13-14)9-6-4-3-5-7-9/h8-9H,2-7H2,1H3,(H,15,16). The van der Waals surface area contributed by atoms with Gasteiger partial charge < -0.3 is 5.11 Å². The van der Waals surface area contributed by atoms with Crippen molar-refractivity contribution in [2.75, 3.05) is 0 Å². The molecular formula is C12H18N2O2. The van der Waals surface area contributed by atoms with Crippen molar-refractivity contribution in [1.82, 2.24) is 9.78 Å². The van der Waals surface area contributed by atoms with Crippen molar-refractivity contribution in [3.05, 3.63) is 17.5 Å². The van der Waals surface area contributed by atoms with Gasteiger partial charge in [-0.3, -0.25) is 4.68 Å². The molecule has 0 spiro atoms. The van der Waals surface area contributed by atoms with Gasteiger partial charge in [-0.15, -0.1) is 0 Å². The average Bonchev–Trinajstić information content (AvgIpc) is 2.74. The number of carbonyl (C=O) groups is 1. The van der Waals surface area contributed by atoms with Gasteiger partial charge in [0.15, 0.2) is 0 Å². The van der Waals surface area contributed by atoms with Crippen LogP contribution in [0.5, 0.6) is 0 Å². The molecule has 1 heterocycles. The molecule has 1 fully saturated rings. The Hall–Kier alpha value is -1.32. The Morgan fingerprint density at radius 1 is 1.50 bits per heavy atom. The number of hydrogen-bond acceptors (Lipinski definition) is 2. The van der Waals surface area contributed by atoms with Crippen LogP contribution < -0.4 is 0 Å². The molecule has 1 aliphatic rings. The molecule has 0 amide bonds. The third-order valence-electron chi connectivity index (χ3n) is 3.34. The number of aryl methyl sites for hydroxylation is 1. The lowest BCUT2D eigenvalue weighted by atomic mass is 9.87. The lowest BCUT2D eigenvalue weighted by Crippen LogP contribution is -2.09. The smallest absolute Gasteiger partial charge is 0.354 e. The van der Waals surface area contributed by atoms with E-state index in [9.17, 15) is 4.79 Å². The van der Waals surface area contributed by atoms with Crippen LogP contribution >= 0.6 is 0 Å². The molecule has 0 aromatic carbocycles. The summed E-state index contributed by atoms with van der Waals surface area (Å²) in [5.41, 5.74) is 1.29. The van der Waals surface area contributed by atoms with Gasteiger partial charge in [-0.05, 0) is 25.8 Å². The number of rotatable bonds is 3. The zero-order chi connectivity index (χ0) is 11.5. The minimum atomic E-state index is -0.878. The highest BCUT2D eigenvalue weighted by Gasteiger charge is 2.21. The SMILES string of the molecule is CCn1nc(C2CCCCC2)cc1C(=O)O. The fourth-order valence-corrected chi connectivity index (χ4v) is 2.45. The molecule has 16 heavy (non-hydrogen) atoms. The van der Waals surface area contributed by atoms with Crippen LogP contribution in [0.1, 0.15) is 61.1 Å². The Bertz CT molecular complexity index is 378. The summed E-state index contributed by atoms with van der Waals surface area (Å²) < 4.78 is 1.59. The van der Waals surface area contributed by atoms with E-state index in [4.69, 9.17) is 5.11 Å². The number of aromatic carboxylic acids is 1. The molecule has 1 N–H and O–H groups in total. The van der Waals surface area contributed by atoms with Crippen LogP contribution in [-0.2, 0) is 6.54 Å². The van der Waals surface area contributed by atoms with Gasteiger partial charge in [0.25, 0.3) is 0 Å². The summed E-state index contributed by atoms with van der Waals surface area (Å²) in [6.07, 6.45) is 6.09. The fraction of sp³-hybridized carbons (Fsp3) is 0.667. The monoisotopic (exact) mass is 222 g/mol. The van der Waals surface area contributed by atoms with Crippen LogP contribution in [-0.4, -0.2) is 20.9 Å². The van der Waals surface area contributed by atoms with Gasteiger partial charge >= 0.3 is 5.97 Å². The maximum absolute atomic E-state index is 11.0. The summed E-state index contributed by atoms with van der Waals surface area (Å²) in [5, 5.41) is 13.5. The molecule has 1 aromatic heterocycles. The highest BCUT2D eigenvalue weighted by Crippen LogP contribution is 2.32. The highest BCUT2D eigenvalue weighted by molar-refractivity contribution is 5.85. The molecule has 1 aromatic rings. The Kier molecular flexibility index (Phi) is 3.27. The van der Waals surface area contributed by atoms with Crippen molar-refractivity contribution in [1.29, 1.82) is 0 Å². The maximum Gasteiger partial charge on any atom is 0.354 e. The number of carboxylic acid groups (broad SMARTS) is 1. The second-order valence-corrected chi connectivity index (χ2v) is 4.41. The topological polar surface area (TPSA) is 55.1 Å². The van der Waals surface area contributed by atoms with Crippen LogP contribution in [0.2, 0.25) is 0 Å². The third kappa shape index (κ3) is 2.10. The summed E-state index contributed by atoms with van der Waals surface area (Å²) in [4.78, 5) is 11.0. The van der Waals surface area contributed by atoms with Gasteiger partial charge in [0.1, 0.15) is 5.69 Å².